The van der Waals surface area contributed by atoms with Crippen LogP contribution in [-0.4, -0.2) is 109 Å². The predicted molar refractivity (Wildman–Crippen MR) is 141 cm³/mol. The lowest BCUT2D eigenvalue weighted by atomic mass is 9.99. The molecular formula is C24H25IN2O13. The molecule has 0 saturated carbocycles. The van der Waals surface area contributed by atoms with Crippen LogP contribution in [0.5, 0.6) is 11.5 Å². The van der Waals surface area contributed by atoms with E-state index in [0.29, 0.717) is 5.56 Å². The summed E-state index contributed by atoms with van der Waals surface area (Å²) >= 11 is 1.50. The van der Waals surface area contributed by atoms with Crippen molar-refractivity contribution in [1.29, 1.82) is 0 Å². The predicted octanol–water partition coefficient (Wildman–Crippen LogP) is -0.417. The summed E-state index contributed by atoms with van der Waals surface area (Å²) in [6, 6.07) is 0.122. The third kappa shape index (κ3) is 5.91. The van der Waals surface area contributed by atoms with E-state index in [9.17, 15) is 50.1 Å². The number of nitrogens with zero attached hydrogens (tertiary/aromatic N) is 2. The molecule has 3 aliphatic heterocycles. The van der Waals surface area contributed by atoms with Crippen LogP contribution in [0.2, 0.25) is 0 Å². The molecular weight excluding hydrogens is 651 g/mol. The number of hydrogen-bond acceptors (Lipinski definition) is 12. The fourth-order valence-corrected chi connectivity index (χ4v) is 5.24. The highest BCUT2D eigenvalue weighted by Gasteiger charge is 2.46. The van der Waals surface area contributed by atoms with E-state index >= 15 is 0 Å². The van der Waals surface area contributed by atoms with Gasteiger partial charge in [-0.1, -0.05) is 0 Å². The van der Waals surface area contributed by atoms with Crippen LogP contribution in [0.15, 0.2) is 41.1 Å². The van der Waals surface area contributed by atoms with Crippen molar-refractivity contribution in [3.05, 3.63) is 41.6 Å². The van der Waals surface area contributed by atoms with Crippen molar-refractivity contribution >= 4 is 52.3 Å². The second kappa shape index (κ2) is 12.1. The van der Waals surface area contributed by atoms with Gasteiger partial charge in [0.1, 0.15) is 59.2 Å². The number of allylic oxidation sites excluding steroid dienone is 1. The summed E-state index contributed by atoms with van der Waals surface area (Å²) in [5, 5.41) is 69.4. The Balaban J connectivity index is 1.60. The molecule has 3 heterocycles. The summed E-state index contributed by atoms with van der Waals surface area (Å²) < 4.78 is 16.1. The number of phenolic OH excluding ortho intramolecular Hbond substituents is 1. The Morgan fingerprint density at radius 3 is 2.45 bits per heavy atom. The number of benzene rings is 1. The van der Waals surface area contributed by atoms with Gasteiger partial charge in [-0.25, -0.2) is 14.4 Å². The molecule has 0 bridgehead atoms. The van der Waals surface area contributed by atoms with E-state index in [4.69, 9.17) is 12.5 Å². The molecule has 1 saturated heterocycles. The Labute approximate surface area is 239 Å². The number of aliphatic carboxylic acids is 3. The molecule has 0 aliphatic carbocycles. The van der Waals surface area contributed by atoms with Gasteiger partial charge in [-0.2, -0.15) is 0 Å². The number of ether oxygens (including phenoxy) is 2. The molecule has 0 radical (unpaired) electrons. The third-order valence-corrected chi connectivity index (χ3v) is 7.23. The zero-order valence-corrected chi connectivity index (χ0v) is 22.6. The number of phenols is 1. The van der Waals surface area contributed by atoms with Gasteiger partial charge in [-0.3, -0.25) is 4.99 Å². The second-order valence-corrected chi connectivity index (χ2v) is 9.71. The van der Waals surface area contributed by atoms with Crippen molar-refractivity contribution < 1.29 is 62.7 Å². The lowest BCUT2D eigenvalue weighted by molar-refractivity contribution is -0.268. The number of carboxylic acid groups (broad SMARTS) is 3. The largest absolute Gasteiger partial charge is 0.504 e. The number of carbonyl (C=O) groups is 3. The van der Waals surface area contributed by atoms with E-state index in [0.717, 1.165) is 0 Å². The second-order valence-electron chi connectivity index (χ2n) is 9.20. The van der Waals surface area contributed by atoms with Gasteiger partial charge in [-0.05, 0) is 29.4 Å². The molecule has 0 aromatic heterocycles. The van der Waals surface area contributed by atoms with Crippen LogP contribution in [0.3, 0.4) is 0 Å². The van der Waals surface area contributed by atoms with Gasteiger partial charge >= 0.3 is 17.9 Å². The molecule has 0 spiro atoms. The molecule has 1 fully saturated rings. The molecule has 1 aromatic rings. The molecule has 4 rings (SSSR count). The zero-order chi connectivity index (χ0) is 29.3. The molecule has 1 aromatic carbocycles. The first kappa shape index (κ1) is 29.7. The molecule has 15 nitrogen and oxygen atoms in total. The normalized spacial score (nSPS) is 30.0. The van der Waals surface area contributed by atoms with Crippen LogP contribution in [-0.2, 0) is 28.6 Å². The highest BCUT2D eigenvalue weighted by Crippen LogP contribution is 2.42. The van der Waals surface area contributed by atoms with Gasteiger partial charge in [-0.15, -0.1) is 0 Å². The van der Waals surface area contributed by atoms with Crippen LogP contribution in [0.1, 0.15) is 12.0 Å². The number of rotatable bonds is 9. The third-order valence-electron chi connectivity index (χ3n) is 6.64. The van der Waals surface area contributed by atoms with Crippen molar-refractivity contribution in [3.8, 4) is 11.5 Å². The number of carboxylic acids is 3. The molecule has 7 N–H and O–H groups in total. The average molecular weight is 676 g/mol. The first-order valence-corrected chi connectivity index (χ1v) is 12.7. The number of aliphatic hydroxyl groups is 3. The van der Waals surface area contributed by atoms with Crippen molar-refractivity contribution in [2.75, 3.05) is 11.5 Å². The molecule has 3 aliphatic rings. The monoisotopic (exact) mass is 676 g/mol. The van der Waals surface area contributed by atoms with Crippen molar-refractivity contribution in [2.24, 2.45) is 4.99 Å². The average Bonchev–Trinajstić information content (AvgIpc) is 3.27. The topological polar surface area (TPSA) is 236 Å². The van der Waals surface area contributed by atoms with Crippen molar-refractivity contribution in [2.45, 2.75) is 55.6 Å². The minimum absolute atomic E-state index is 0.0367. The van der Waals surface area contributed by atoms with E-state index in [1.807, 2.05) is 0 Å². The summed E-state index contributed by atoms with van der Waals surface area (Å²) in [5.41, 5.74) is 0.544. The van der Waals surface area contributed by atoms with Gasteiger partial charge in [0.2, 0.25) is 6.29 Å². The van der Waals surface area contributed by atoms with Crippen molar-refractivity contribution in [1.82, 2.24) is 0 Å². The van der Waals surface area contributed by atoms with Crippen LogP contribution >= 0.6 is 23.0 Å². The van der Waals surface area contributed by atoms with Crippen molar-refractivity contribution in [3.63, 3.8) is 0 Å². The maximum Gasteiger partial charge on any atom is 0.354 e. The Morgan fingerprint density at radius 2 is 1.85 bits per heavy atom. The van der Waals surface area contributed by atoms with Gasteiger partial charge in [0.05, 0.1) is 6.61 Å². The first-order valence-electron chi connectivity index (χ1n) is 11.8. The molecule has 0 unspecified atom stereocenters. The van der Waals surface area contributed by atoms with E-state index < -0.39 is 78.8 Å². The van der Waals surface area contributed by atoms with Crippen LogP contribution in [0.4, 0.5) is 5.69 Å². The first-order chi connectivity index (χ1) is 18.9. The summed E-state index contributed by atoms with van der Waals surface area (Å²) in [5.74, 6) is -4.57. The zero-order valence-electron chi connectivity index (χ0n) is 20.4. The van der Waals surface area contributed by atoms with Crippen LogP contribution in [0.25, 0.3) is 0 Å². The molecule has 40 heavy (non-hydrogen) atoms. The molecule has 0 amide bonds. The number of halogens is 1. The van der Waals surface area contributed by atoms with E-state index in [2.05, 4.69) is 4.99 Å². The van der Waals surface area contributed by atoms with Gasteiger partial charge in [0, 0.05) is 30.8 Å². The Morgan fingerprint density at radius 1 is 1.12 bits per heavy atom. The Hall–Kier alpha value is -3.29. The molecule has 16 heteroatoms. The summed E-state index contributed by atoms with van der Waals surface area (Å²) in [4.78, 5) is 39.8. The highest BCUT2D eigenvalue weighted by molar-refractivity contribution is 14.1. The number of aromatic hydroxyl groups is 1. The van der Waals surface area contributed by atoms with Gasteiger partial charge < -0.3 is 53.2 Å². The summed E-state index contributed by atoms with van der Waals surface area (Å²) in [7, 11) is 0. The number of aliphatic imine (C=N–C) groups is 1. The van der Waals surface area contributed by atoms with Gasteiger partial charge in [0.15, 0.2) is 17.5 Å². The minimum Gasteiger partial charge on any atom is -0.504 e. The summed E-state index contributed by atoms with van der Waals surface area (Å²) in [6.07, 6.45) is -2.92. The number of hydrogen-bond donors (Lipinski definition) is 7. The van der Waals surface area contributed by atoms with E-state index in [-0.39, 0.29) is 29.9 Å². The maximum atomic E-state index is 12.0. The standard InChI is InChI=1S/C24H25IN2O13/c25-40-20-17(8-28)39-24(19(31)18(20)30)38-16-6-10-5-14(23(36)37)27(13(10)7-15(16)29)2-1-9-3-11(21(32)33)26-12(4-9)22(34)35/h1-3,6-7,12,14,17-20,24,28-31H,4-5,8H2,(H,32,33)(H,34,35)(H,36,37)/b2-1+/t12-,14-,17+,18+,19+,20+,24+/m0/s1. The fraction of sp³-hybridized carbons (Fsp3) is 0.417. The number of fused-ring (bicyclic) bond motifs is 1. The van der Waals surface area contributed by atoms with E-state index in [1.54, 1.807) is 0 Å². The minimum atomic E-state index is -1.61. The lowest BCUT2D eigenvalue weighted by Crippen LogP contribution is -2.60. The lowest BCUT2D eigenvalue weighted by Gasteiger charge is -2.40. The Kier molecular flexibility index (Phi) is 8.96. The SMILES string of the molecule is O=C(O)C1=N[C@H](C(=O)O)CC(/C=C/N2c3cc(O)c(O[C@@H]4O[C@H](CO)[C@@H](OI)[C@H](O)[C@H]4O)cc3C[C@H]2C(=O)O)=C1. The van der Waals surface area contributed by atoms with Crippen LogP contribution < -0.4 is 9.64 Å². The maximum absolute atomic E-state index is 12.0. The van der Waals surface area contributed by atoms with Gasteiger partial charge in [0.25, 0.3) is 0 Å². The Bertz CT molecular complexity index is 1280. The quantitative estimate of drug-likeness (QED) is 0.165. The number of dihydropyridines is 1. The fourth-order valence-electron chi connectivity index (χ4n) is 4.61. The molecule has 216 valence electrons. The van der Waals surface area contributed by atoms with Crippen LogP contribution in [0, 0.1) is 0 Å². The highest BCUT2D eigenvalue weighted by atomic mass is 127. The summed E-state index contributed by atoms with van der Waals surface area (Å²) in [6.45, 7) is -0.557. The van der Waals surface area contributed by atoms with E-state index in [1.165, 1.54) is 58.4 Å². The molecule has 7 atom stereocenters. The smallest absolute Gasteiger partial charge is 0.354 e. The number of anilines is 1. The number of aliphatic hydroxyl groups excluding tert-OH is 3.